The number of aromatic nitrogens is 1. The summed E-state index contributed by atoms with van der Waals surface area (Å²) in [5.74, 6) is -0.129. The summed E-state index contributed by atoms with van der Waals surface area (Å²) in [6.45, 7) is 4.27. The van der Waals surface area contributed by atoms with Crippen LogP contribution in [0.15, 0.2) is 18.3 Å². The number of hydrogen-bond donors (Lipinski definition) is 1. The SMILES string of the molecule is CC(C)N(CCC#N)C(=O)c1sc2ncccc2c1N. The van der Waals surface area contributed by atoms with E-state index in [4.69, 9.17) is 11.0 Å². The molecule has 0 bridgehead atoms. The van der Waals surface area contributed by atoms with Crippen molar-refractivity contribution in [3.8, 4) is 6.07 Å². The second-order valence-electron chi connectivity index (χ2n) is 4.70. The fraction of sp³-hybridized carbons (Fsp3) is 0.357. The van der Waals surface area contributed by atoms with Gasteiger partial charge in [0.15, 0.2) is 0 Å². The molecule has 2 aromatic heterocycles. The molecule has 0 saturated heterocycles. The van der Waals surface area contributed by atoms with E-state index in [1.54, 1.807) is 17.2 Å². The quantitative estimate of drug-likeness (QED) is 0.937. The maximum Gasteiger partial charge on any atom is 0.266 e. The number of amides is 1. The molecule has 0 aromatic carbocycles. The van der Waals surface area contributed by atoms with Crippen LogP contribution in [-0.2, 0) is 0 Å². The first kappa shape index (κ1) is 14.3. The molecular weight excluding hydrogens is 272 g/mol. The second-order valence-corrected chi connectivity index (χ2v) is 5.70. The van der Waals surface area contributed by atoms with E-state index < -0.39 is 0 Å². The molecule has 0 aliphatic rings. The van der Waals surface area contributed by atoms with Gasteiger partial charge in [0.25, 0.3) is 5.91 Å². The monoisotopic (exact) mass is 288 g/mol. The zero-order valence-corrected chi connectivity index (χ0v) is 12.3. The number of fused-ring (bicyclic) bond motifs is 1. The highest BCUT2D eigenvalue weighted by molar-refractivity contribution is 7.21. The molecule has 2 N–H and O–H groups in total. The molecule has 6 heteroatoms. The summed E-state index contributed by atoms with van der Waals surface area (Å²) in [5.41, 5.74) is 6.54. The van der Waals surface area contributed by atoms with E-state index in [-0.39, 0.29) is 11.9 Å². The lowest BCUT2D eigenvalue weighted by Crippen LogP contribution is -2.37. The smallest absolute Gasteiger partial charge is 0.266 e. The van der Waals surface area contributed by atoms with Crippen molar-refractivity contribution in [1.29, 1.82) is 5.26 Å². The predicted octanol–water partition coefficient (Wildman–Crippen LogP) is 2.64. The van der Waals surface area contributed by atoms with Crippen LogP contribution in [0.25, 0.3) is 10.2 Å². The highest BCUT2D eigenvalue weighted by Gasteiger charge is 2.24. The van der Waals surface area contributed by atoms with Gasteiger partial charge in [-0.3, -0.25) is 4.79 Å². The first-order chi connectivity index (χ1) is 9.56. The van der Waals surface area contributed by atoms with Gasteiger partial charge in [-0.15, -0.1) is 11.3 Å². The number of nitriles is 1. The van der Waals surface area contributed by atoms with Crippen LogP contribution >= 0.6 is 11.3 Å². The number of rotatable bonds is 4. The minimum Gasteiger partial charge on any atom is -0.397 e. The molecule has 2 heterocycles. The molecule has 0 atom stereocenters. The molecule has 0 aliphatic heterocycles. The molecular formula is C14H16N4OS. The number of nitrogens with zero attached hydrogens (tertiary/aromatic N) is 3. The Morgan fingerprint density at radius 3 is 2.95 bits per heavy atom. The fourth-order valence-corrected chi connectivity index (χ4v) is 3.02. The zero-order valence-electron chi connectivity index (χ0n) is 11.5. The summed E-state index contributed by atoms with van der Waals surface area (Å²) in [4.78, 5) is 19.8. The molecule has 2 rings (SSSR count). The molecule has 5 nitrogen and oxygen atoms in total. The third-order valence-electron chi connectivity index (χ3n) is 3.05. The van der Waals surface area contributed by atoms with Crippen LogP contribution in [0.4, 0.5) is 5.69 Å². The van der Waals surface area contributed by atoms with E-state index >= 15 is 0 Å². The Kier molecular flexibility index (Phi) is 4.20. The predicted molar refractivity (Wildman–Crippen MR) is 80.4 cm³/mol. The normalized spacial score (nSPS) is 10.7. The van der Waals surface area contributed by atoms with Crippen LogP contribution in [0, 0.1) is 11.3 Å². The lowest BCUT2D eigenvalue weighted by molar-refractivity contribution is 0.0716. The average molecular weight is 288 g/mol. The standard InChI is InChI=1S/C14H16N4OS/c1-9(2)18(8-4-6-15)14(19)12-11(16)10-5-3-7-17-13(10)20-12/h3,5,7,9H,4,8,16H2,1-2H3. The van der Waals surface area contributed by atoms with Gasteiger partial charge in [-0.1, -0.05) is 0 Å². The summed E-state index contributed by atoms with van der Waals surface area (Å²) in [7, 11) is 0. The summed E-state index contributed by atoms with van der Waals surface area (Å²) < 4.78 is 0. The van der Waals surface area contributed by atoms with Crippen molar-refractivity contribution in [3.05, 3.63) is 23.2 Å². The van der Waals surface area contributed by atoms with Gasteiger partial charge < -0.3 is 10.6 Å². The first-order valence-corrected chi connectivity index (χ1v) is 7.18. The van der Waals surface area contributed by atoms with Crippen LogP contribution in [-0.4, -0.2) is 28.4 Å². The molecule has 0 radical (unpaired) electrons. The van der Waals surface area contributed by atoms with Gasteiger partial charge in [-0.05, 0) is 26.0 Å². The number of carbonyl (C=O) groups is 1. The Morgan fingerprint density at radius 1 is 1.60 bits per heavy atom. The number of hydrogen-bond acceptors (Lipinski definition) is 5. The maximum absolute atomic E-state index is 12.6. The minimum atomic E-state index is -0.129. The largest absolute Gasteiger partial charge is 0.397 e. The van der Waals surface area contributed by atoms with Crippen LogP contribution in [0.1, 0.15) is 29.9 Å². The molecule has 0 spiro atoms. The van der Waals surface area contributed by atoms with Gasteiger partial charge in [-0.25, -0.2) is 4.98 Å². The molecule has 1 amide bonds. The van der Waals surface area contributed by atoms with Gasteiger partial charge >= 0.3 is 0 Å². The van der Waals surface area contributed by atoms with Gasteiger partial charge in [0.2, 0.25) is 0 Å². The maximum atomic E-state index is 12.6. The van der Waals surface area contributed by atoms with E-state index in [2.05, 4.69) is 11.1 Å². The van der Waals surface area contributed by atoms with Crippen molar-refractivity contribution in [2.45, 2.75) is 26.3 Å². The minimum absolute atomic E-state index is 0.0217. The van der Waals surface area contributed by atoms with Crippen molar-refractivity contribution in [2.24, 2.45) is 0 Å². The van der Waals surface area contributed by atoms with Crippen molar-refractivity contribution in [3.63, 3.8) is 0 Å². The number of nitrogen functional groups attached to an aromatic ring is 1. The Bertz CT molecular complexity index is 671. The highest BCUT2D eigenvalue weighted by Crippen LogP contribution is 2.33. The van der Waals surface area contributed by atoms with E-state index in [0.29, 0.717) is 23.5 Å². The van der Waals surface area contributed by atoms with E-state index in [0.717, 1.165) is 10.2 Å². The summed E-state index contributed by atoms with van der Waals surface area (Å²) in [6.07, 6.45) is 2.00. The summed E-state index contributed by atoms with van der Waals surface area (Å²) >= 11 is 1.30. The molecule has 0 fully saturated rings. The van der Waals surface area contributed by atoms with Crippen LogP contribution in [0.5, 0.6) is 0 Å². The number of carbonyl (C=O) groups excluding carboxylic acids is 1. The number of pyridine rings is 1. The van der Waals surface area contributed by atoms with Crippen LogP contribution < -0.4 is 5.73 Å². The van der Waals surface area contributed by atoms with Crippen LogP contribution in [0.2, 0.25) is 0 Å². The Balaban J connectivity index is 2.39. The fourth-order valence-electron chi connectivity index (χ4n) is 2.01. The molecule has 2 aromatic rings. The number of anilines is 1. The number of thiophene rings is 1. The van der Waals surface area contributed by atoms with E-state index in [9.17, 15) is 4.79 Å². The van der Waals surface area contributed by atoms with Crippen molar-refractivity contribution in [1.82, 2.24) is 9.88 Å². The lowest BCUT2D eigenvalue weighted by Gasteiger charge is -2.25. The van der Waals surface area contributed by atoms with Crippen LogP contribution in [0.3, 0.4) is 0 Å². The molecule has 104 valence electrons. The van der Waals surface area contributed by atoms with Gasteiger partial charge in [-0.2, -0.15) is 5.26 Å². The Morgan fingerprint density at radius 2 is 2.35 bits per heavy atom. The first-order valence-electron chi connectivity index (χ1n) is 6.37. The molecule has 20 heavy (non-hydrogen) atoms. The van der Waals surface area contributed by atoms with Gasteiger partial charge in [0.05, 0.1) is 18.2 Å². The van der Waals surface area contributed by atoms with Gasteiger partial charge in [0.1, 0.15) is 9.71 Å². The molecule has 0 unspecified atom stereocenters. The number of nitrogens with two attached hydrogens (primary N) is 1. The third-order valence-corrected chi connectivity index (χ3v) is 4.16. The molecule has 0 aliphatic carbocycles. The average Bonchev–Trinajstić information content (AvgIpc) is 2.76. The van der Waals surface area contributed by atoms with E-state index in [1.807, 2.05) is 19.9 Å². The zero-order chi connectivity index (χ0) is 14.7. The lowest BCUT2D eigenvalue weighted by atomic mass is 10.2. The Hall–Kier alpha value is -2.13. The molecule has 0 saturated carbocycles. The third kappa shape index (κ3) is 2.58. The summed E-state index contributed by atoms with van der Waals surface area (Å²) in [5, 5.41) is 9.51. The van der Waals surface area contributed by atoms with Gasteiger partial charge in [0, 0.05) is 24.2 Å². The van der Waals surface area contributed by atoms with Crippen molar-refractivity contribution in [2.75, 3.05) is 12.3 Å². The highest BCUT2D eigenvalue weighted by atomic mass is 32.1. The Labute approximate surface area is 121 Å². The van der Waals surface area contributed by atoms with E-state index in [1.165, 1.54) is 11.3 Å². The van der Waals surface area contributed by atoms with Crippen molar-refractivity contribution >= 4 is 33.1 Å². The summed E-state index contributed by atoms with van der Waals surface area (Å²) in [6, 6.07) is 5.75. The van der Waals surface area contributed by atoms with Crippen molar-refractivity contribution < 1.29 is 4.79 Å². The second kappa shape index (κ2) is 5.88. The topological polar surface area (TPSA) is 83.0 Å².